The summed E-state index contributed by atoms with van der Waals surface area (Å²) in [6.07, 6.45) is 0. The minimum absolute atomic E-state index is 0.190. The number of thioether (sulfide) groups is 2. The SMILES string of the molecule is O=[N+]([O-])c1cccc(C2SCCS2)c1. The van der Waals surface area contributed by atoms with Gasteiger partial charge in [-0.15, -0.1) is 23.5 Å². The number of non-ortho nitro benzene ring substituents is 1. The van der Waals surface area contributed by atoms with Crippen molar-refractivity contribution in [1.82, 2.24) is 0 Å². The fourth-order valence-electron chi connectivity index (χ4n) is 1.34. The lowest BCUT2D eigenvalue weighted by molar-refractivity contribution is -0.384. The predicted octanol–water partition coefficient (Wildman–Crippen LogP) is 3.07. The molecule has 5 heteroatoms. The molecule has 0 aliphatic carbocycles. The third-order valence-corrected chi connectivity index (χ3v) is 5.08. The van der Waals surface area contributed by atoms with E-state index in [2.05, 4.69) is 0 Å². The summed E-state index contributed by atoms with van der Waals surface area (Å²) >= 11 is 3.71. The Hall–Kier alpha value is -0.680. The Balaban J connectivity index is 2.25. The van der Waals surface area contributed by atoms with Crippen LogP contribution in [-0.4, -0.2) is 16.4 Å². The summed E-state index contributed by atoms with van der Waals surface area (Å²) in [7, 11) is 0. The van der Waals surface area contributed by atoms with Crippen LogP contribution in [-0.2, 0) is 0 Å². The number of benzene rings is 1. The minimum Gasteiger partial charge on any atom is -0.258 e. The van der Waals surface area contributed by atoms with E-state index in [0.29, 0.717) is 4.58 Å². The Labute approximate surface area is 90.4 Å². The molecule has 0 radical (unpaired) electrons. The lowest BCUT2D eigenvalue weighted by atomic mass is 10.2. The summed E-state index contributed by atoms with van der Waals surface area (Å²) in [5, 5.41) is 10.6. The maximum atomic E-state index is 10.6. The van der Waals surface area contributed by atoms with Gasteiger partial charge in [0.15, 0.2) is 0 Å². The van der Waals surface area contributed by atoms with Crippen molar-refractivity contribution >= 4 is 29.2 Å². The topological polar surface area (TPSA) is 43.1 Å². The molecule has 0 bridgehead atoms. The first-order chi connectivity index (χ1) is 6.77. The summed E-state index contributed by atoms with van der Waals surface area (Å²) in [6.45, 7) is 0. The van der Waals surface area contributed by atoms with Crippen LogP contribution < -0.4 is 0 Å². The molecule has 1 aliphatic rings. The first kappa shape index (κ1) is 9.86. The third kappa shape index (κ3) is 2.04. The van der Waals surface area contributed by atoms with Crippen molar-refractivity contribution in [3.63, 3.8) is 0 Å². The highest BCUT2D eigenvalue weighted by molar-refractivity contribution is 8.19. The molecule has 0 aromatic heterocycles. The van der Waals surface area contributed by atoms with Crippen molar-refractivity contribution in [2.75, 3.05) is 11.5 Å². The number of nitro groups is 1. The Morgan fingerprint density at radius 3 is 2.71 bits per heavy atom. The molecule has 14 heavy (non-hydrogen) atoms. The van der Waals surface area contributed by atoms with Crippen LogP contribution in [0, 0.1) is 10.1 Å². The van der Waals surface area contributed by atoms with Crippen molar-refractivity contribution in [1.29, 1.82) is 0 Å². The second kappa shape index (κ2) is 4.23. The molecule has 1 aromatic carbocycles. The van der Waals surface area contributed by atoms with Gasteiger partial charge in [-0.05, 0) is 5.56 Å². The van der Waals surface area contributed by atoms with Crippen molar-refractivity contribution in [3.8, 4) is 0 Å². The summed E-state index contributed by atoms with van der Waals surface area (Å²) in [5.74, 6) is 2.27. The van der Waals surface area contributed by atoms with Crippen LogP contribution in [0.1, 0.15) is 10.1 Å². The highest BCUT2D eigenvalue weighted by Gasteiger charge is 2.19. The number of nitrogens with zero attached hydrogens (tertiary/aromatic N) is 1. The van der Waals surface area contributed by atoms with Gasteiger partial charge >= 0.3 is 0 Å². The molecule has 0 amide bonds. The monoisotopic (exact) mass is 227 g/mol. The number of rotatable bonds is 2. The quantitative estimate of drug-likeness (QED) is 0.575. The molecular weight excluding hydrogens is 218 g/mol. The summed E-state index contributed by atoms with van der Waals surface area (Å²) in [4.78, 5) is 10.2. The van der Waals surface area contributed by atoms with Gasteiger partial charge in [0.1, 0.15) is 0 Å². The number of hydrogen-bond donors (Lipinski definition) is 0. The van der Waals surface area contributed by atoms with Gasteiger partial charge in [-0.3, -0.25) is 10.1 Å². The van der Waals surface area contributed by atoms with Gasteiger partial charge in [0, 0.05) is 23.6 Å². The van der Waals surface area contributed by atoms with Gasteiger partial charge in [-0.25, -0.2) is 0 Å². The van der Waals surface area contributed by atoms with Crippen molar-refractivity contribution in [2.24, 2.45) is 0 Å². The second-order valence-electron chi connectivity index (χ2n) is 2.93. The van der Waals surface area contributed by atoms with Gasteiger partial charge in [0.05, 0.1) is 9.51 Å². The van der Waals surface area contributed by atoms with E-state index in [1.807, 2.05) is 29.6 Å². The highest BCUT2D eigenvalue weighted by atomic mass is 32.2. The molecule has 1 heterocycles. The van der Waals surface area contributed by atoms with Crippen molar-refractivity contribution < 1.29 is 4.92 Å². The van der Waals surface area contributed by atoms with Gasteiger partial charge in [-0.2, -0.15) is 0 Å². The number of nitro benzene ring substituents is 1. The van der Waals surface area contributed by atoms with Gasteiger partial charge in [0.2, 0.25) is 0 Å². The molecule has 1 fully saturated rings. The molecule has 2 rings (SSSR count). The zero-order chi connectivity index (χ0) is 9.97. The normalized spacial score (nSPS) is 17.1. The number of hydrogen-bond acceptors (Lipinski definition) is 4. The zero-order valence-electron chi connectivity index (χ0n) is 7.38. The average Bonchev–Trinajstić information content (AvgIpc) is 2.71. The Morgan fingerprint density at radius 1 is 1.36 bits per heavy atom. The molecule has 1 aliphatic heterocycles. The molecule has 0 N–H and O–H groups in total. The fraction of sp³-hybridized carbons (Fsp3) is 0.333. The highest BCUT2D eigenvalue weighted by Crippen LogP contribution is 2.45. The standard InChI is InChI=1S/C9H9NO2S2/c11-10(12)8-3-1-2-7(6-8)9-13-4-5-14-9/h1-3,6,9H,4-5H2. The van der Waals surface area contributed by atoms with E-state index in [1.54, 1.807) is 12.1 Å². The van der Waals surface area contributed by atoms with Crippen molar-refractivity contribution in [3.05, 3.63) is 39.9 Å². The van der Waals surface area contributed by atoms with Gasteiger partial charge < -0.3 is 0 Å². The molecule has 0 saturated carbocycles. The predicted molar refractivity (Wildman–Crippen MR) is 60.8 cm³/mol. The Bertz CT molecular complexity index is 350. The van der Waals surface area contributed by atoms with Crippen LogP contribution in [0.15, 0.2) is 24.3 Å². The van der Waals surface area contributed by atoms with Crippen LogP contribution in [0.2, 0.25) is 0 Å². The second-order valence-corrected chi connectivity index (χ2v) is 5.65. The van der Waals surface area contributed by atoms with Gasteiger partial charge in [-0.1, -0.05) is 12.1 Å². The molecule has 1 saturated heterocycles. The lowest BCUT2D eigenvalue weighted by Gasteiger charge is -2.06. The van der Waals surface area contributed by atoms with E-state index in [1.165, 1.54) is 6.07 Å². The summed E-state index contributed by atoms with van der Waals surface area (Å²) in [5.41, 5.74) is 1.25. The van der Waals surface area contributed by atoms with Crippen LogP contribution >= 0.6 is 23.5 Å². The first-order valence-corrected chi connectivity index (χ1v) is 6.35. The molecule has 0 spiro atoms. The molecule has 0 atom stereocenters. The van der Waals surface area contributed by atoms with E-state index in [9.17, 15) is 10.1 Å². The van der Waals surface area contributed by atoms with E-state index in [-0.39, 0.29) is 10.6 Å². The zero-order valence-corrected chi connectivity index (χ0v) is 9.01. The fourth-order valence-corrected chi connectivity index (χ4v) is 4.17. The lowest BCUT2D eigenvalue weighted by Crippen LogP contribution is -1.90. The van der Waals surface area contributed by atoms with E-state index in [4.69, 9.17) is 0 Å². The van der Waals surface area contributed by atoms with Crippen molar-refractivity contribution in [2.45, 2.75) is 4.58 Å². The molecule has 74 valence electrons. The van der Waals surface area contributed by atoms with E-state index >= 15 is 0 Å². The van der Waals surface area contributed by atoms with Crippen LogP contribution in [0.5, 0.6) is 0 Å². The van der Waals surface area contributed by atoms with Crippen LogP contribution in [0.4, 0.5) is 5.69 Å². The molecule has 0 unspecified atom stereocenters. The van der Waals surface area contributed by atoms with Crippen LogP contribution in [0.25, 0.3) is 0 Å². The molecular formula is C9H9NO2S2. The van der Waals surface area contributed by atoms with Gasteiger partial charge in [0.25, 0.3) is 5.69 Å². The van der Waals surface area contributed by atoms with E-state index < -0.39 is 0 Å². The van der Waals surface area contributed by atoms with E-state index in [0.717, 1.165) is 17.1 Å². The Morgan fingerprint density at radius 2 is 2.07 bits per heavy atom. The Kier molecular flexibility index (Phi) is 2.98. The maximum absolute atomic E-state index is 10.6. The smallest absolute Gasteiger partial charge is 0.258 e. The van der Waals surface area contributed by atoms with Crippen LogP contribution in [0.3, 0.4) is 0 Å². The molecule has 1 aromatic rings. The minimum atomic E-state index is -0.339. The third-order valence-electron chi connectivity index (χ3n) is 1.97. The largest absolute Gasteiger partial charge is 0.269 e. The first-order valence-electron chi connectivity index (χ1n) is 4.25. The summed E-state index contributed by atoms with van der Waals surface area (Å²) < 4.78 is 0.384. The average molecular weight is 227 g/mol. The maximum Gasteiger partial charge on any atom is 0.269 e. The molecule has 3 nitrogen and oxygen atoms in total. The summed E-state index contributed by atoms with van der Waals surface area (Å²) in [6, 6.07) is 6.93.